The lowest BCUT2D eigenvalue weighted by atomic mass is 10.0. The third kappa shape index (κ3) is 3.59. The number of benzene rings is 1. The minimum absolute atomic E-state index is 0.0270. The molecule has 0 bridgehead atoms. The Bertz CT molecular complexity index is 669. The fourth-order valence-corrected chi connectivity index (χ4v) is 2.94. The van der Waals surface area contributed by atoms with Gasteiger partial charge in [-0.3, -0.25) is 4.79 Å². The summed E-state index contributed by atoms with van der Waals surface area (Å²) >= 11 is 0. The van der Waals surface area contributed by atoms with Crippen LogP contribution in [0.2, 0.25) is 0 Å². The first-order chi connectivity index (χ1) is 11.2. The number of carbonyl (C=O) groups excluding carboxylic acids is 1. The lowest BCUT2D eigenvalue weighted by molar-refractivity contribution is -0.133. The van der Waals surface area contributed by atoms with Gasteiger partial charge >= 0.3 is 0 Å². The van der Waals surface area contributed by atoms with Crippen molar-refractivity contribution >= 4 is 5.91 Å². The maximum Gasteiger partial charge on any atom is 0.229 e. The number of hydrogen-bond donors (Lipinski definition) is 1. The molecule has 0 spiro atoms. The van der Waals surface area contributed by atoms with Crippen molar-refractivity contribution in [3.8, 4) is 11.5 Å². The molecule has 1 aliphatic rings. The van der Waals surface area contributed by atoms with Gasteiger partial charge in [0.05, 0.1) is 12.1 Å². The molecule has 3 rings (SSSR count). The predicted octanol–water partition coefficient (Wildman–Crippen LogP) is 2.36. The molecule has 1 aromatic carbocycles. The van der Waals surface area contributed by atoms with E-state index in [4.69, 9.17) is 10.2 Å². The van der Waals surface area contributed by atoms with Gasteiger partial charge in [0.1, 0.15) is 12.1 Å². The van der Waals surface area contributed by atoms with Gasteiger partial charge in [-0.2, -0.15) is 0 Å². The molecular weight excluding hydrogens is 297 g/mol. The number of aromatic nitrogens is 1. The van der Waals surface area contributed by atoms with Crippen molar-refractivity contribution in [2.45, 2.75) is 31.7 Å². The van der Waals surface area contributed by atoms with Crippen LogP contribution >= 0.6 is 0 Å². The van der Waals surface area contributed by atoms with Crippen LogP contribution in [0.3, 0.4) is 0 Å². The quantitative estimate of drug-likeness (QED) is 0.939. The summed E-state index contributed by atoms with van der Waals surface area (Å²) in [6.45, 7) is 1.24. The van der Waals surface area contributed by atoms with E-state index in [-0.39, 0.29) is 24.2 Å². The van der Waals surface area contributed by atoms with Gasteiger partial charge < -0.3 is 15.1 Å². The summed E-state index contributed by atoms with van der Waals surface area (Å²) in [6, 6.07) is 6.03. The summed E-state index contributed by atoms with van der Waals surface area (Å²) in [5, 5.41) is 0. The number of oxazole rings is 1. The molecule has 6 heteroatoms. The average molecular weight is 317 g/mol. The Balaban J connectivity index is 1.68. The van der Waals surface area contributed by atoms with Gasteiger partial charge in [0.15, 0.2) is 0 Å². The van der Waals surface area contributed by atoms with Gasteiger partial charge in [0.2, 0.25) is 11.8 Å². The van der Waals surface area contributed by atoms with Gasteiger partial charge in [-0.1, -0.05) is 0 Å². The smallest absolute Gasteiger partial charge is 0.229 e. The third-order valence-corrected chi connectivity index (χ3v) is 4.19. The Morgan fingerprint density at radius 3 is 2.87 bits per heavy atom. The maximum atomic E-state index is 12.9. The van der Waals surface area contributed by atoms with Gasteiger partial charge in [-0.15, -0.1) is 0 Å². The molecule has 1 unspecified atom stereocenters. The number of halogens is 1. The van der Waals surface area contributed by atoms with Crippen LogP contribution < -0.4 is 5.73 Å². The van der Waals surface area contributed by atoms with E-state index in [0.29, 0.717) is 23.7 Å². The van der Waals surface area contributed by atoms with E-state index in [0.717, 1.165) is 25.8 Å². The largest absolute Gasteiger partial charge is 0.444 e. The second kappa shape index (κ2) is 6.91. The van der Waals surface area contributed by atoms with E-state index in [1.807, 2.05) is 4.90 Å². The van der Waals surface area contributed by atoms with Crippen molar-refractivity contribution in [2.75, 3.05) is 13.1 Å². The van der Waals surface area contributed by atoms with Crippen LogP contribution in [-0.4, -0.2) is 34.9 Å². The van der Waals surface area contributed by atoms with E-state index in [1.165, 1.54) is 18.4 Å². The highest BCUT2D eigenvalue weighted by molar-refractivity contribution is 5.79. The monoisotopic (exact) mass is 317 g/mol. The molecule has 1 amide bonds. The summed E-state index contributed by atoms with van der Waals surface area (Å²) in [7, 11) is 0. The summed E-state index contributed by atoms with van der Waals surface area (Å²) in [5.74, 6) is 0.106. The van der Waals surface area contributed by atoms with Gasteiger partial charge in [0.25, 0.3) is 0 Å². The second-order valence-electron chi connectivity index (χ2n) is 5.80. The van der Waals surface area contributed by atoms with Gasteiger partial charge in [-0.25, -0.2) is 9.37 Å². The Hall–Kier alpha value is -2.21. The zero-order valence-electron chi connectivity index (χ0n) is 12.9. The summed E-state index contributed by atoms with van der Waals surface area (Å²) in [5.41, 5.74) is 7.02. The number of carbonyl (C=O) groups is 1. The molecule has 2 N–H and O–H groups in total. The Morgan fingerprint density at radius 2 is 2.13 bits per heavy atom. The van der Waals surface area contributed by atoms with E-state index in [9.17, 15) is 9.18 Å². The molecule has 1 aliphatic heterocycles. The van der Waals surface area contributed by atoms with Crippen LogP contribution in [0.1, 0.15) is 25.0 Å². The SMILES string of the molecule is NCC1CCCCN1C(=O)Cc1coc(-c2ccc(F)cc2)n1. The third-order valence-electron chi connectivity index (χ3n) is 4.19. The van der Waals surface area contributed by atoms with E-state index in [1.54, 1.807) is 12.1 Å². The molecule has 2 heterocycles. The van der Waals surface area contributed by atoms with E-state index < -0.39 is 0 Å². The highest BCUT2D eigenvalue weighted by atomic mass is 19.1. The topological polar surface area (TPSA) is 72.4 Å². The van der Waals surface area contributed by atoms with Crippen LogP contribution in [0.15, 0.2) is 34.9 Å². The van der Waals surface area contributed by atoms with Gasteiger partial charge in [0, 0.05) is 24.7 Å². The first kappa shape index (κ1) is 15.7. The molecule has 0 saturated carbocycles. The molecule has 23 heavy (non-hydrogen) atoms. The second-order valence-corrected chi connectivity index (χ2v) is 5.80. The molecule has 2 aromatic rings. The summed E-state index contributed by atoms with van der Waals surface area (Å²) < 4.78 is 18.3. The lowest BCUT2D eigenvalue weighted by Gasteiger charge is -2.35. The Labute approximate surface area is 134 Å². The zero-order chi connectivity index (χ0) is 16.2. The van der Waals surface area contributed by atoms with Crippen LogP contribution in [0, 0.1) is 5.82 Å². The predicted molar refractivity (Wildman–Crippen MR) is 84.0 cm³/mol. The van der Waals surface area contributed by atoms with Crippen LogP contribution in [0.25, 0.3) is 11.5 Å². The zero-order valence-corrected chi connectivity index (χ0v) is 12.9. The number of likely N-dealkylation sites (tertiary alicyclic amines) is 1. The Morgan fingerprint density at radius 1 is 1.35 bits per heavy atom. The molecular formula is C17H20FN3O2. The minimum Gasteiger partial charge on any atom is -0.444 e. The van der Waals surface area contributed by atoms with Crippen molar-refractivity contribution in [3.05, 3.63) is 42.0 Å². The van der Waals surface area contributed by atoms with Gasteiger partial charge in [-0.05, 0) is 43.5 Å². The summed E-state index contributed by atoms with van der Waals surface area (Å²) in [4.78, 5) is 18.7. The first-order valence-corrected chi connectivity index (χ1v) is 7.87. The fraction of sp³-hybridized carbons (Fsp3) is 0.412. The molecule has 1 fully saturated rings. The van der Waals surface area contributed by atoms with Crippen molar-refractivity contribution in [1.82, 2.24) is 9.88 Å². The molecule has 1 saturated heterocycles. The number of piperidine rings is 1. The molecule has 5 nitrogen and oxygen atoms in total. The van der Waals surface area contributed by atoms with Crippen molar-refractivity contribution in [1.29, 1.82) is 0 Å². The average Bonchev–Trinajstić information content (AvgIpc) is 3.04. The highest BCUT2D eigenvalue weighted by Gasteiger charge is 2.26. The first-order valence-electron chi connectivity index (χ1n) is 7.87. The van der Waals surface area contributed by atoms with E-state index >= 15 is 0 Å². The maximum absolute atomic E-state index is 12.9. The molecule has 122 valence electrons. The van der Waals surface area contributed by atoms with Crippen molar-refractivity contribution < 1.29 is 13.6 Å². The number of nitrogens with two attached hydrogens (primary N) is 1. The van der Waals surface area contributed by atoms with E-state index in [2.05, 4.69) is 4.98 Å². The molecule has 0 aliphatic carbocycles. The standard InChI is InChI=1S/C17H20FN3O2/c18-13-6-4-12(5-7-13)17-20-14(11-23-17)9-16(22)21-8-2-1-3-15(21)10-19/h4-7,11,15H,1-3,8-10,19H2. The molecule has 1 atom stereocenters. The van der Waals surface area contributed by atoms with Crippen molar-refractivity contribution in [2.24, 2.45) is 5.73 Å². The number of hydrogen-bond acceptors (Lipinski definition) is 4. The lowest BCUT2D eigenvalue weighted by Crippen LogP contribution is -2.48. The normalized spacial score (nSPS) is 18.2. The Kier molecular flexibility index (Phi) is 4.71. The van der Waals surface area contributed by atoms with Crippen LogP contribution in [-0.2, 0) is 11.2 Å². The number of nitrogens with zero attached hydrogens (tertiary/aromatic N) is 2. The number of rotatable bonds is 4. The van der Waals surface area contributed by atoms with Crippen molar-refractivity contribution in [3.63, 3.8) is 0 Å². The fourth-order valence-electron chi connectivity index (χ4n) is 2.94. The molecule has 0 radical (unpaired) electrons. The summed E-state index contributed by atoms with van der Waals surface area (Å²) in [6.07, 6.45) is 4.77. The number of amides is 1. The minimum atomic E-state index is -0.311. The van der Waals surface area contributed by atoms with Crippen LogP contribution in [0.5, 0.6) is 0 Å². The molecule has 1 aromatic heterocycles. The van der Waals surface area contributed by atoms with Crippen LogP contribution in [0.4, 0.5) is 4.39 Å². The highest BCUT2D eigenvalue weighted by Crippen LogP contribution is 2.21.